The molecule has 0 bridgehead atoms. The number of aromatic nitrogens is 1. The number of hydrogen-bond acceptors (Lipinski definition) is 1. The van der Waals surface area contributed by atoms with Gasteiger partial charge >= 0.3 is 0 Å². The highest BCUT2D eigenvalue weighted by molar-refractivity contribution is 6.34. The molecule has 0 saturated carbocycles. The highest BCUT2D eigenvalue weighted by Gasteiger charge is 2.14. The zero-order valence-electron chi connectivity index (χ0n) is 11.1. The maximum atomic E-state index is 11.3. The highest BCUT2D eigenvalue weighted by atomic mass is 35.5. The van der Waals surface area contributed by atoms with Crippen LogP contribution in [0.3, 0.4) is 0 Å². The maximum absolute atomic E-state index is 11.3. The molecule has 2 nitrogen and oxygen atoms in total. The van der Waals surface area contributed by atoms with Crippen LogP contribution in [0, 0.1) is 6.92 Å². The fourth-order valence-corrected chi connectivity index (χ4v) is 2.86. The van der Waals surface area contributed by atoms with E-state index in [1.807, 2.05) is 34.9 Å². The van der Waals surface area contributed by atoms with Crippen LogP contribution in [0.4, 0.5) is 0 Å². The van der Waals surface area contributed by atoms with Crippen molar-refractivity contribution in [2.24, 2.45) is 0 Å². The molecule has 3 aromatic rings. The van der Waals surface area contributed by atoms with Crippen molar-refractivity contribution < 1.29 is 4.79 Å². The van der Waals surface area contributed by atoms with Crippen LogP contribution in [0.25, 0.3) is 10.9 Å². The van der Waals surface area contributed by atoms with Crippen molar-refractivity contribution in [3.8, 4) is 0 Å². The van der Waals surface area contributed by atoms with Gasteiger partial charge in [0.05, 0.1) is 11.1 Å². The van der Waals surface area contributed by atoms with Gasteiger partial charge in [-0.25, -0.2) is 0 Å². The largest absolute Gasteiger partial charge is 0.327 e. The van der Waals surface area contributed by atoms with Gasteiger partial charge in [-0.3, -0.25) is 4.79 Å². The molecule has 0 aliphatic heterocycles. The van der Waals surface area contributed by atoms with Crippen molar-refractivity contribution in [2.75, 3.05) is 0 Å². The van der Waals surface area contributed by atoms with E-state index in [4.69, 9.17) is 11.6 Å². The Bertz CT molecular complexity index is 789. The molecular formula is C17H14ClNO. The number of rotatable bonds is 3. The Morgan fingerprint density at radius 3 is 2.70 bits per heavy atom. The normalized spacial score (nSPS) is 10.9. The average molecular weight is 284 g/mol. The van der Waals surface area contributed by atoms with Crippen LogP contribution in [-0.2, 0) is 6.54 Å². The van der Waals surface area contributed by atoms with E-state index in [-0.39, 0.29) is 0 Å². The van der Waals surface area contributed by atoms with Gasteiger partial charge in [0.2, 0.25) is 0 Å². The molecule has 0 aliphatic carbocycles. The predicted molar refractivity (Wildman–Crippen MR) is 82.6 cm³/mol. The fourth-order valence-electron chi connectivity index (χ4n) is 2.56. The predicted octanol–water partition coefficient (Wildman–Crippen LogP) is 4.46. The highest BCUT2D eigenvalue weighted by Crippen LogP contribution is 2.29. The zero-order chi connectivity index (χ0) is 14.1. The third-order valence-corrected chi connectivity index (χ3v) is 3.89. The second-order valence-corrected chi connectivity index (χ2v) is 5.27. The molecule has 1 aromatic heterocycles. The Kier molecular flexibility index (Phi) is 3.33. The molecule has 1 heterocycles. The van der Waals surface area contributed by atoms with E-state index < -0.39 is 0 Å². The molecule has 0 spiro atoms. The van der Waals surface area contributed by atoms with Crippen molar-refractivity contribution in [2.45, 2.75) is 13.5 Å². The first kappa shape index (κ1) is 12.9. The number of fused-ring (bicyclic) bond motifs is 1. The summed E-state index contributed by atoms with van der Waals surface area (Å²) in [5.74, 6) is 0. The second kappa shape index (κ2) is 5.14. The number of para-hydroxylation sites is 1. The van der Waals surface area contributed by atoms with Gasteiger partial charge < -0.3 is 4.57 Å². The molecule has 100 valence electrons. The lowest BCUT2D eigenvalue weighted by Gasteiger charge is -2.08. The fraction of sp³-hybridized carbons (Fsp3) is 0.118. The van der Waals surface area contributed by atoms with Crippen LogP contribution in [0.5, 0.6) is 0 Å². The third-order valence-electron chi connectivity index (χ3n) is 3.49. The monoisotopic (exact) mass is 283 g/mol. The molecule has 3 heteroatoms. The summed E-state index contributed by atoms with van der Waals surface area (Å²) in [5, 5.41) is 1.41. The summed E-state index contributed by atoms with van der Waals surface area (Å²) in [6.07, 6.45) is 0.831. The number of aldehydes is 1. The van der Waals surface area contributed by atoms with Crippen molar-refractivity contribution in [3.05, 3.63) is 70.4 Å². The van der Waals surface area contributed by atoms with Gasteiger partial charge in [0.25, 0.3) is 0 Å². The van der Waals surface area contributed by atoms with E-state index in [1.54, 1.807) is 0 Å². The summed E-state index contributed by atoms with van der Waals surface area (Å²) >= 11 is 6.37. The average Bonchev–Trinajstić information content (AvgIpc) is 2.72. The molecule has 20 heavy (non-hydrogen) atoms. The summed E-state index contributed by atoms with van der Waals surface area (Å²) < 4.78 is 1.98. The summed E-state index contributed by atoms with van der Waals surface area (Å²) in [4.78, 5) is 11.3. The third kappa shape index (κ3) is 2.12. The van der Waals surface area contributed by atoms with E-state index in [0.717, 1.165) is 17.2 Å². The Morgan fingerprint density at radius 1 is 1.15 bits per heavy atom. The van der Waals surface area contributed by atoms with Crippen LogP contribution in [-0.4, -0.2) is 10.9 Å². The van der Waals surface area contributed by atoms with E-state index in [1.165, 1.54) is 11.1 Å². The first-order valence-electron chi connectivity index (χ1n) is 6.48. The summed E-state index contributed by atoms with van der Waals surface area (Å²) in [6, 6.07) is 16.1. The van der Waals surface area contributed by atoms with Crippen molar-refractivity contribution >= 4 is 28.8 Å². The van der Waals surface area contributed by atoms with Crippen molar-refractivity contribution in [1.82, 2.24) is 4.57 Å². The number of halogens is 1. The van der Waals surface area contributed by atoms with Crippen LogP contribution >= 0.6 is 11.6 Å². The Labute approximate surface area is 122 Å². The minimum absolute atomic E-state index is 0.503. The molecule has 0 aliphatic rings. The minimum atomic E-state index is 0.503. The van der Waals surface area contributed by atoms with Gasteiger partial charge in [-0.05, 0) is 18.6 Å². The molecule has 2 aromatic carbocycles. The van der Waals surface area contributed by atoms with Gasteiger partial charge in [-0.15, -0.1) is 0 Å². The Morgan fingerprint density at radius 2 is 1.95 bits per heavy atom. The maximum Gasteiger partial charge on any atom is 0.153 e. The SMILES string of the molecule is Cc1cccc(Cn2c(Cl)c(C=O)c3ccccc32)c1. The molecule has 0 saturated heterocycles. The topological polar surface area (TPSA) is 22.0 Å². The second-order valence-electron chi connectivity index (χ2n) is 4.91. The van der Waals surface area contributed by atoms with Gasteiger partial charge in [0.15, 0.2) is 6.29 Å². The van der Waals surface area contributed by atoms with Crippen LogP contribution in [0.1, 0.15) is 21.5 Å². The zero-order valence-corrected chi connectivity index (χ0v) is 11.9. The molecule has 0 N–H and O–H groups in total. The number of benzene rings is 2. The van der Waals surface area contributed by atoms with Crippen LogP contribution in [0.15, 0.2) is 48.5 Å². The molecule has 0 unspecified atom stereocenters. The standard InChI is InChI=1S/C17H14ClNO/c1-12-5-4-6-13(9-12)10-19-16-8-3-2-7-14(16)15(11-20)17(19)18/h2-9,11H,10H2,1H3. The summed E-state index contributed by atoms with van der Waals surface area (Å²) in [7, 11) is 0. The number of nitrogens with zero attached hydrogens (tertiary/aromatic N) is 1. The molecule has 0 amide bonds. The van der Waals surface area contributed by atoms with Crippen molar-refractivity contribution in [3.63, 3.8) is 0 Å². The van der Waals surface area contributed by atoms with Crippen molar-refractivity contribution in [1.29, 1.82) is 0 Å². The minimum Gasteiger partial charge on any atom is -0.327 e. The molecule has 0 atom stereocenters. The lowest BCUT2D eigenvalue weighted by molar-refractivity contribution is 0.112. The van der Waals surface area contributed by atoms with E-state index in [9.17, 15) is 4.79 Å². The quantitative estimate of drug-likeness (QED) is 0.650. The lowest BCUT2D eigenvalue weighted by Crippen LogP contribution is -2.00. The van der Waals surface area contributed by atoms with E-state index in [0.29, 0.717) is 17.3 Å². The lowest BCUT2D eigenvalue weighted by atomic mass is 10.1. The van der Waals surface area contributed by atoms with Gasteiger partial charge in [0, 0.05) is 11.9 Å². The number of aryl methyl sites for hydroxylation is 1. The Balaban J connectivity index is 2.16. The number of hydrogen-bond donors (Lipinski definition) is 0. The molecule has 0 fully saturated rings. The van der Waals surface area contributed by atoms with Crippen LogP contribution < -0.4 is 0 Å². The number of carbonyl (C=O) groups is 1. The van der Waals surface area contributed by atoms with Gasteiger partial charge in [-0.1, -0.05) is 59.6 Å². The Hall–Kier alpha value is -2.06. The molecule has 0 radical (unpaired) electrons. The van der Waals surface area contributed by atoms with Crippen LogP contribution in [0.2, 0.25) is 5.15 Å². The van der Waals surface area contributed by atoms with E-state index >= 15 is 0 Å². The van der Waals surface area contributed by atoms with E-state index in [2.05, 4.69) is 25.1 Å². The summed E-state index contributed by atoms with van der Waals surface area (Å²) in [6.45, 7) is 2.73. The number of carbonyl (C=O) groups excluding carboxylic acids is 1. The van der Waals surface area contributed by atoms with Gasteiger partial charge in [0.1, 0.15) is 5.15 Å². The van der Waals surface area contributed by atoms with Gasteiger partial charge in [-0.2, -0.15) is 0 Å². The molecule has 3 rings (SSSR count). The first-order chi connectivity index (χ1) is 9.70. The summed E-state index contributed by atoms with van der Waals surface area (Å²) in [5.41, 5.74) is 3.94. The smallest absolute Gasteiger partial charge is 0.153 e. The first-order valence-corrected chi connectivity index (χ1v) is 6.86. The molecular weight excluding hydrogens is 270 g/mol.